The van der Waals surface area contributed by atoms with Gasteiger partial charge in [0.05, 0.1) is 49.7 Å². The van der Waals surface area contributed by atoms with E-state index in [0.717, 1.165) is 135 Å². The lowest BCUT2D eigenvalue weighted by Gasteiger charge is -2.48. The summed E-state index contributed by atoms with van der Waals surface area (Å²) in [4.78, 5) is 19.5. The molecule has 0 aliphatic carbocycles. The summed E-state index contributed by atoms with van der Waals surface area (Å²) < 4.78 is 32.4. The fourth-order valence-corrected chi connectivity index (χ4v) is 16.6. The van der Waals surface area contributed by atoms with Gasteiger partial charge in [-0.3, -0.25) is 9.98 Å². The highest BCUT2D eigenvalue weighted by Crippen LogP contribution is 2.59. The Bertz CT molecular complexity index is 5160. The van der Waals surface area contributed by atoms with Gasteiger partial charge in [-0.2, -0.15) is 0 Å². The molecule has 2 spiro atoms. The number of hydrogen-bond donors (Lipinski definition) is 3. The van der Waals surface area contributed by atoms with Crippen LogP contribution in [0.1, 0.15) is 97.1 Å². The van der Waals surface area contributed by atoms with E-state index in [1.54, 1.807) is 12.1 Å². The summed E-state index contributed by atoms with van der Waals surface area (Å²) in [6.45, 7) is 29.2. The third-order valence-electron chi connectivity index (χ3n) is 22.0. The number of aromatic hydroxyl groups is 1. The van der Waals surface area contributed by atoms with Crippen molar-refractivity contribution in [3.05, 3.63) is 252 Å². The van der Waals surface area contributed by atoms with Crippen molar-refractivity contribution >= 4 is 84.9 Å². The van der Waals surface area contributed by atoms with Crippen LogP contribution < -0.4 is 38.5 Å². The Kier molecular flexibility index (Phi) is 19.0. The Balaban J connectivity index is 0.000000129. The zero-order valence-corrected chi connectivity index (χ0v) is 62.5. The molecule has 14 heteroatoms. The van der Waals surface area contributed by atoms with Crippen LogP contribution in [0.3, 0.4) is 0 Å². The first-order valence-electron chi connectivity index (χ1n) is 37.4. The molecule has 11 aromatic carbocycles. The largest absolute Gasteiger partial charge is 0.508 e. The topological polar surface area (TPSA) is 145 Å². The average Bonchev–Trinajstić information content (AvgIpc) is 1.52. The van der Waals surface area contributed by atoms with Crippen LogP contribution in [0, 0.1) is 11.3 Å². The van der Waals surface area contributed by atoms with Gasteiger partial charge in [-0.15, -0.1) is 0 Å². The van der Waals surface area contributed by atoms with Gasteiger partial charge in [0, 0.05) is 101 Å². The predicted molar refractivity (Wildman–Crippen MR) is 434 cm³/mol. The van der Waals surface area contributed by atoms with E-state index in [2.05, 4.69) is 253 Å². The third-order valence-corrected chi connectivity index (χ3v) is 22.0. The molecule has 0 radical (unpaired) electrons. The maximum atomic E-state index is 9.98. The van der Waals surface area contributed by atoms with Crippen molar-refractivity contribution < 1.29 is 39.0 Å². The lowest BCUT2D eigenvalue weighted by Crippen LogP contribution is -2.63. The molecule has 3 unspecified atom stereocenters. The highest BCUT2D eigenvalue weighted by Gasteiger charge is 2.61. The molecule has 14 nitrogen and oxygen atoms in total. The second-order valence-corrected chi connectivity index (χ2v) is 31.1. The SMILES string of the molecule is CC(C)CN1c2ccccc2C(C)(C)C12C=Nc1c(ccc3ccc(O)cc13)O2.CCN(CCO)c1ccc(-c2cc3c(c4ccccc24)OC2(C=N3)N(CC(C)(C)C)c3ccccc3C2(C)C)cc1.OCCOc1ccc(C2(c3ccccc3)C=Cc3c(cc(N4CCOCC4)c4ccccc34)O2)cc1. The molecule has 0 bridgehead atoms. The van der Waals surface area contributed by atoms with Gasteiger partial charge in [0.1, 0.15) is 41.0 Å². The monoisotopic (exact) mass is 1410 g/mol. The first kappa shape index (κ1) is 71.0. The minimum absolute atomic E-state index is 0.0161. The van der Waals surface area contributed by atoms with E-state index in [0.29, 0.717) is 12.5 Å². The lowest BCUT2D eigenvalue weighted by molar-refractivity contribution is 0.0731. The van der Waals surface area contributed by atoms with Crippen molar-refractivity contribution in [1.82, 2.24) is 0 Å². The molecule has 1 fully saturated rings. The smallest absolute Gasteiger partial charge is 0.228 e. The Morgan fingerprint density at radius 2 is 1.19 bits per heavy atom. The fourth-order valence-electron chi connectivity index (χ4n) is 16.6. The molecular weight excluding hydrogens is 1320 g/mol. The van der Waals surface area contributed by atoms with Crippen LogP contribution >= 0.6 is 0 Å². The Labute approximate surface area is 623 Å². The number of aliphatic imine (C=N–C) groups is 2. The quantitative estimate of drug-likeness (QED) is 0.0953. The summed E-state index contributed by atoms with van der Waals surface area (Å²) in [7, 11) is 0. The van der Waals surface area contributed by atoms with E-state index in [4.69, 9.17) is 38.8 Å². The third kappa shape index (κ3) is 12.5. The number of nitrogens with zero attached hydrogens (tertiary/aromatic N) is 6. The molecule has 6 aliphatic heterocycles. The predicted octanol–water partition coefficient (Wildman–Crippen LogP) is 19.1. The fraction of sp³-hybridized carbons (Fsp3) is 0.304. The van der Waals surface area contributed by atoms with Gasteiger partial charge < -0.3 is 58.6 Å². The van der Waals surface area contributed by atoms with E-state index in [9.17, 15) is 10.2 Å². The number of aliphatic hydroxyl groups is 2. The van der Waals surface area contributed by atoms with Crippen molar-refractivity contribution in [1.29, 1.82) is 0 Å². The number of anilines is 4. The van der Waals surface area contributed by atoms with Crippen LogP contribution in [0.2, 0.25) is 0 Å². The Morgan fingerprint density at radius 3 is 1.86 bits per heavy atom. The Morgan fingerprint density at radius 1 is 0.575 bits per heavy atom. The number of fused-ring (bicyclic) bond motifs is 11. The van der Waals surface area contributed by atoms with Crippen molar-refractivity contribution in [2.45, 2.75) is 97.1 Å². The zero-order chi connectivity index (χ0) is 73.8. The normalized spacial score (nSPS) is 19.7. The molecule has 1 saturated heterocycles. The molecule has 6 heterocycles. The molecule has 0 aromatic heterocycles. The van der Waals surface area contributed by atoms with E-state index in [1.807, 2.05) is 66.9 Å². The number of para-hydroxylation sites is 2. The molecular formula is C92H96N6O8. The van der Waals surface area contributed by atoms with Crippen LogP contribution in [-0.2, 0) is 21.2 Å². The number of ether oxygens (including phenoxy) is 5. The maximum Gasteiger partial charge on any atom is 0.228 e. The summed E-state index contributed by atoms with van der Waals surface area (Å²) in [5, 5.41) is 35.1. The van der Waals surface area contributed by atoms with Gasteiger partial charge in [0.2, 0.25) is 11.4 Å². The van der Waals surface area contributed by atoms with Crippen molar-refractivity contribution in [2.75, 3.05) is 91.9 Å². The molecule has 0 saturated carbocycles. The molecule has 3 atom stereocenters. The van der Waals surface area contributed by atoms with E-state index < -0.39 is 17.1 Å². The van der Waals surface area contributed by atoms with Crippen molar-refractivity contribution in [3.63, 3.8) is 0 Å². The second kappa shape index (κ2) is 28.3. The van der Waals surface area contributed by atoms with Crippen LogP contribution in [0.4, 0.5) is 34.1 Å². The summed E-state index contributed by atoms with van der Waals surface area (Å²) in [6, 6.07) is 75.0. The van der Waals surface area contributed by atoms with Crippen LogP contribution in [0.15, 0.2) is 234 Å². The highest BCUT2D eigenvalue weighted by atomic mass is 16.5. The van der Waals surface area contributed by atoms with Crippen molar-refractivity contribution in [2.24, 2.45) is 21.3 Å². The number of benzene rings is 11. The lowest BCUT2D eigenvalue weighted by atomic mass is 9.77. The maximum absolute atomic E-state index is 9.98. The van der Waals surface area contributed by atoms with Gasteiger partial charge in [0.15, 0.2) is 11.4 Å². The summed E-state index contributed by atoms with van der Waals surface area (Å²) in [6.07, 6.45) is 8.39. The second-order valence-electron chi connectivity index (χ2n) is 31.1. The van der Waals surface area contributed by atoms with Gasteiger partial charge in [-0.1, -0.05) is 186 Å². The zero-order valence-electron chi connectivity index (χ0n) is 62.5. The van der Waals surface area contributed by atoms with Gasteiger partial charge in [-0.05, 0) is 157 Å². The van der Waals surface area contributed by atoms with Crippen LogP contribution in [0.5, 0.6) is 28.7 Å². The molecule has 3 N–H and O–H groups in total. The Hall–Kier alpha value is -10.6. The van der Waals surface area contributed by atoms with Crippen LogP contribution in [-0.4, -0.2) is 112 Å². The van der Waals surface area contributed by atoms with Gasteiger partial charge in [0.25, 0.3) is 0 Å². The van der Waals surface area contributed by atoms with Crippen LogP contribution in [0.25, 0.3) is 49.5 Å². The first-order chi connectivity index (χ1) is 51.2. The highest BCUT2D eigenvalue weighted by molar-refractivity contribution is 6.06. The number of likely N-dealkylation sites (N-methyl/N-ethyl adjacent to an activating group) is 1. The standard InChI is InChI=1S/C36H41N3O2.C31H29NO4.C25H26N2O2/c1-7-38(20-21-40)26-18-16-25(17-19-26)29-22-31-33(28-13-9-8-12-27(28)29)41-36(23-37-31)35(5,6)30-14-10-11-15-32(30)39(36)24-34(2,3)4;33-18-21-35-25-12-10-24(11-13-25)31(23-6-2-1-3-7-23)15-14-28-26-8-4-5-9-27(26)29(22-30(28)36-31)32-16-19-34-20-17-32;1-16(2)14-27-21-8-6-5-7-20(21)24(3,4)25(27)15-26-23-19-13-18(28)11-9-17(19)10-12-22(23)29-25/h8-19,22-23,40H,7,20-21,24H2,1-6H3;1-15,22,33H,16-21H2;5-13,15-16,28H,14H2,1-4H3. The van der Waals surface area contributed by atoms with E-state index in [-0.39, 0.29) is 41.8 Å². The number of rotatable bonds is 14. The number of hydrogen-bond acceptors (Lipinski definition) is 14. The number of phenols is 1. The summed E-state index contributed by atoms with van der Waals surface area (Å²) >= 11 is 0. The molecule has 17 rings (SSSR count). The minimum atomic E-state index is -0.783. The molecule has 11 aromatic rings. The summed E-state index contributed by atoms with van der Waals surface area (Å²) in [5.74, 6) is 3.87. The van der Waals surface area contributed by atoms with E-state index in [1.165, 1.54) is 39.0 Å². The minimum Gasteiger partial charge on any atom is -0.508 e. The van der Waals surface area contributed by atoms with Crippen molar-refractivity contribution in [3.8, 4) is 39.9 Å². The average molecular weight is 1410 g/mol. The summed E-state index contributed by atoms with van der Waals surface area (Å²) in [5.41, 5.74) is 11.5. The van der Waals surface area contributed by atoms with E-state index >= 15 is 0 Å². The molecule has 542 valence electrons. The molecule has 106 heavy (non-hydrogen) atoms. The van der Waals surface area contributed by atoms with Gasteiger partial charge >= 0.3 is 0 Å². The number of phenolic OH excluding ortho intramolecular Hbond substituents is 1. The first-order valence-corrected chi connectivity index (χ1v) is 37.4. The number of aliphatic hydroxyl groups excluding tert-OH is 2. The van der Waals surface area contributed by atoms with Gasteiger partial charge in [-0.25, -0.2) is 0 Å². The number of morpholine rings is 1. The molecule has 0 amide bonds. The molecule has 6 aliphatic rings.